The summed E-state index contributed by atoms with van der Waals surface area (Å²) in [6.07, 6.45) is 2.65. The van der Waals surface area contributed by atoms with Gasteiger partial charge in [0.25, 0.3) is 0 Å². The fourth-order valence-electron chi connectivity index (χ4n) is 1.94. The highest BCUT2D eigenvalue weighted by atomic mass is 16.6. The number of ether oxygens (including phenoxy) is 2. The van der Waals surface area contributed by atoms with Crippen LogP contribution >= 0.6 is 0 Å². The maximum Gasteiger partial charge on any atom is 0.342 e. The third-order valence-corrected chi connectivity index (χ3v) is 3.09. The van der Waals surface area contributed by atoms with Gasteiger partial charge in [0, 0.05) is 19.3 Å². The van der Waals surface area contributed by atoms with E-state index in [4.69, 9.17) is 14.6 Å². The first-order valence-electron chi connectivity index (χ1n) is 6.16. The smallest absolute Gasteiger partial charge is 0.342 e. The van der Waals surface area contributed by atoms with Crippen LogP contribution in [0.4, 0.5) is 5.69 Å². The van der Waals surface area contributed by atoms with Gasteiger partial charge in [0.05, 0.1) is 11.5 Å². The predicted molar refractivity (Wildman–Crippen MR) is 66.9 cm³/mol. The first-order chi connectivity index (χ1) is 9.58. The molecule has 1 aliphatic heterocycles. The average molecular weight is 282 g/mol. The normalized spacial score (nSPS) is 15.8. The number of aromatic carboxylic acids is 1. The van der Waals surface area contributed by atoms with Crippen molar-refractivity contribution in [1.82, 2.24) is 4.98 Å². The second-order valence-corrected chi connectivity index (χ2v) is 4.47. The molecule has 1 aliphatic rings. The molecule has 0 unspecified atom stereocenters. The zero-order chi connectivity index (χ0) is 14.5. The lowest BCUT2D eigenvalue weighted by atomic mass is 10.0. The minimum absolute atomic E-state index is 0.0829. The lowest BCUT2D eigenvalue weighted by molar-refractivity contribution is -0.385. The highest BCUT2D eigenvalue weighted by Crippen LogP contribution is 2.22. The molecule has 8 heteroatoms. The second-order valence-electron chi connectivity index (χ2n) is 4.47. The van der Waals surface area contributed by atoms with E-state index in [0.717, 1.165) is 25.1 Å². The van der Waals surface area contributed by atoms with Crippen molar-refractivity contribution in [2.24, 2.45) is 5.92 Å². The topological polar surface area (TPSA) is 112 Å². The van der Waals surface area contributed by atoms with Crippen LogP contribution in [0, 0.1) is 16.0 Å². The van der Waals surface area contributed by atoms with Gasteiger partial charge in [-0.2, -0.15) is 0 Å². The van der Waals surface area contributed by atoms with Gasteiger partial charge in [-0.25, -0.2) is 9.78 Å². The van der Waals surface area contributed by atoms with Crippen molar-refractivity contribution < 1.29 is 24.3 Å². The quantitative estimate of drug-likeness (QED) is 0.643. The van der Waals surface area contributed by atoms with E-state index >= 15 is 0 Å². The molecule has 8 nitrogen and oxygen atoms in total. The molecule has 1 saturated heterocycles. The van der Waals surface area contributed by atoms with Gasteiger partial charge in [0.1, 0.15) is 11.8 Å². The molecule has 1 fully saturated rings. The van der Waals surface area contributed by atoms with E-state index in [0.29, 0.717) is 25.7 Å². The van der Waals surface area contributed by atoms with Crippen LogP contribution in [-0.2, 0) is 4.74 Å². The maximum absolute atomic E-state index is 11.0. The number of carbonyl (C=O) groups is 1. The van der Waals surface area contributed by atoms with Crippen LogP contribution in [0.2, 0.25) is 0 Å². The number of aromatic nitrogens is 1. The van der Waals surface area contributed by atoms with Crippen molar-refractivity contribution in [3.8, 4) is 5.88 Å². The Bertz CT molecular complexity index is 513. The van der Waals surface area contributed by atoms with Crippen LogP contribution in [0.3, 0.4) is 0 Å². The summed E-state index contributed by atoms with van der Waals surface area (Å²) < 4.78 is 10.6. The standard InChI is InChI=1S/C12H14N2O6/c15-12(16)9-5-11(13-6-10(9)14(17)18)20-7-8-1-3-19-4-2-8/h5-6,8H,1-4,7H2,(H,15,16). The zero-order valence-electron chi connectivity index (χ0n) is 10.7. The molecule has 0 spiro atoms. The summed E-state index contributed by atoms with van der Waals surface area (Å²) in [4.78, 5) is 24.7. The van der Waals surface area contributed by atoms with Gasteiger partial charge in [0.2, 0.25) is 5.88 Å². The molecule has 1 N–H and O–H groups in total. The van der Waals surface area contributed by atoms with Gasteiger partial charge in [-0.3, -0.25) is 10.1 Å². The Balaban J connectivity index is 2.06. The Labute approximate surface area is 114 Å². The summed E-state index contributed by atoms with van der Waals surface area (Å²) in [5.74, 6) is -0.969. The van der Waals surface area contributed by atoms with Crippen molar-refractivity contribution in [1.29, 1.82) is 0 Å². The second kappa shape index (κ2) is 6.29. The van der Waals surface area contributed by atoms with Crippen LogP contribution in [0.1, 0.15) is 23.2 Å². The van der Waals surface area contributed by atoms with E-state index in [1.54, 1.807) is 0 Å². The van der Waals surface area contributed by atoms with E-state index in [9.17, 15) is 14.9 Å². The average Bonchev–Trinajstić information content (AvgIpc) is 2.45. The van der Waals surface area contributed by atoms with Gasteiger partial charge >= 0.3 is 11.7 Å². The summed E-state index contributed by atoms with van der Waals surface area (Å²) in [6, 6.07) is 1.08. The zero-order valence-corrected chi connectivity index (χ0v) is 10.7. The Morgan fingerprint density at radius 3 is 2.85 bits per heavy atom. The van der Waals surface area contributed by atoms with Crippen LogP contribution in [0.5, 0.6) is 5.88 Å². The highest BCUT2D eigenvalue weighted by molar-refractivity contribution is 5.92. The molecule has 0 aliphatic carbocycles. The van der Waals surface area contributed by atoms with E-state index in [2.05, 4.69) is 4.98 Å². The Kier molecular flexibility index (Phi) is 4.46. The Morgan fingerprint density at radius 1 is 1.55 bits per heavy atom. The number of pyridine rings is 1. The van der Waals surface area contributed by atoms with E-state index in [1.807, 2.05) is 0 Å². The maximum atomic E-state index is 11.0. The summed E-state index contributed by atoms with van der Waals surface area (Å²) >= 11 is 0. The number of nitrogens with zero attached hydrogens (tertiary/aromatic N) is 2. The van der Waals surface area contributed by atoms with Crippen molar-refractivity contribution >= 4 is 11.7 Å². The van der Waals surface area contributed by atoms with E-state index in [-0.39, 0.29) is 5.88 Å². The van der Waals surface area contributed by atoms with E-state index < -0.39 is 22.1 Å². The van der Waals surface area contributed by atoms with E-state index in [1.165, 1.54) is 0 Å². The first kappa shape index (κ1) is 14.2. The fraction of sp³-hybridized carbons (Fsp3) is 0.500. The number of rotatable bonds is 5. The molecular formula is C12H14N2O6. The number of carboxylic acid groups (broad SMARTS) is 1. The SMILES string of the molecule is O=C(O)c1cc(OCC2CCOCC2)ncc1[N+](=O)[O-]. The lowest BCUT2D eigenvalue weighted by Crippen LogP contribution is -2.21. The minimum atomic E-state index is -1.38. The van der Waals surface area contributed by atoms with Crippen molar-refractivity contribution in [3.05, 3.63) is 27.9 Å². The van der Waals surface area contributed by atoms with Crippen molar-refractivity contribution in [2.75, 3.05) is 19.8 Å². The van der Waals surface area contributed by atoms with Crippen LogP contribution in [0.15, 0.2) is 12.3 Å². The molecule has 108 valence electrons. The van der Waals surface area contributed by atoms with Crippen molar-refractivity contribution in [3.63, 3.8) is 0 Å². The molecular weight excluding hydrogens is 268 g/mol. The first-order valence-corrected chi connectivity index (χ1v) is 6.16. The molecule has 2 rings (SSSR count). The monoisotopic (exact) mass is 282 g/mol. The van der Waals surface area contributed by atoms with Gasteiger partial charge in [-0.05, 0) is 18.8 Å². The summed E-state index contributed by atoms with van der Waals surface area (Å²) in [5.41, 5.74) is -0.970. The molecule has 20 heavy (non-hydrogen) atoms. The largest absolute Gasteiger partial charge is 0.477 e. The van der Waals surface area contributed by atoms with Gasteiger partial charge < -0.3 is 14.6 Å². The fourth-order valence-corrected chi connectivity index (χ4v) is 1.94. The molecule has 1 aromatic rings. The van der Waals surface area contributed by atoms with Crippen molar-refractivity contribution in [2.45, 2.75) is 12.8 Å². The molecule has 0 saturated carbocycles. The predicted octanol–water partition coefficient (Wildman–Crippen LogP) is 1.49. The van der Waals surface area contributed by atoms with Crippen LogP contribution in [0.25, 0.3) is 0 Å². The summed E-state index contributed by atoms with van der Waals surface area (Å²) in [7, 11) is 0. The molecule has 0 bridgehead atoms. The Hall–Kier alpha value is -2.22. The lowest BCUT2D eigenvalue weighted by Gasteiger charge is -2.21. The summed E-state index contributed by atoms with van der Waals surface area (Å²) in [6.45, 7) is 1.76. The highest BCUT2D eigenvalue weighted by Gasteiger charge is 2.22. The van der Waals surface area contributed by atoms with Crippen LogP contribution < -0.4 is 4.74 Å². The molecule has 1 aromatic heterocycles. The van der Waals surface area contributed by atoms with Gasteiger partial charge in [0.15, 0.2) is 0 Å². The number of carboxylic acids is 1. The molecule has 0 atom stereocenters. The Morgan fingerprint density at radius 2 is 2.25 bits per heavy atom. The summed E-state index contributed by atoms with van der Waals surface area (Å²) in [5, 5.41) is 19.6. The number of nitro groups is 1. The number of hydrogen-bond donors (Lipinski definition) is 1. The molecule has 0 aromatic carbocycles. The third kappa shape index (κ3) is 3.41. The molecule has 0 radical (unpaired) electrons. The molecule has 2 heterocycles. The third-order valence-electron chi connectivity index (χ3n) is 3.09. The number of hydrogen-bond acceptors (Lipinski definition) is 6. The minimum Gasteiger partial charge on any atom is -0.477 e. The molecule has 0 amide bonds. The van der Waals surface area contributed by atoms with Crippen LogP contribution in [-0.4, -0.2) is 40.8 Å². The van der Waals surface area contributed by atoms with Gasteiger partial charge in [-0.1, -0.05) is 0 Å². The van der Waals surface area contributed by atoms with Gasteiger partial charge in [-0.15, -0.1) is 0 Å².